The zero-order valence-electron chi connectivity index (χ0n) is 23.6. The Morgan fingerprint density at radius 2 is 1.86 bits per heavy atom. The molecule has 2 aliphatic heterocycles. The Kier molecular flexibility index (Phi) is 8.64. The molecule has 5 rings (SSSR count). The van der Waals surface area contributed by atoms with Gasteiger partial charge >= 0.3 is 5.97 Å². The van der Waals surface area contributed by atoms with Crippen molar-refractivity contribution < 1.29 is 28.2 Å². The van der Waals surface area contributed by atoms with Gasteiger partial charge < -0.3 is 35.2 Å². The summed E-state index contributed by atoms with van der Waals surface area (Å²) in [4.78, 5) is 27.5. The summed E-state index contributed by atoms with van der Waals surface area (Å²) in [6, 6.07) is 11.1. The van der Waals surface area contributed by atoms with Crippen molar-refractivity contribution in [2.75, 3.05) is 39.4 Å². The normalized spacial score (nSPS) is 15.5. The molecule has 2 heterocycles. The van der Waals surface area contributed by atoms with E-state index in [1.165, 1.54) is 12.0 Å². The lowest BCUT2D eigenvalue weighted by atomic mass is 9.95. The van der Waals surface area contributed by atoms with Gasteiger partial charge in [0.1, 0.15) is 11.6 Å². The second kappa shape index (κ2) is 12.2. The molecule has 43 heavy (non-hydrogen) atoms. The van der Waals surface area contributed by atoms with Crippen LogP contribution >= 0.6 is 23.2 Å². The van der Waals surface area contributed by atoms with Crippen LogP contribution in [-0.4, -0.2) is 62.6 Å². The molecule has 1 amide bonds. The lowest BCUT2D eigenvalue weighted by Gasteiger charge is -2.40. The number of benzene rings is 3. The standard InChI is InChI=1S/C31H29Cl2FN4O5/c1-31(14-42-15-31)37-26-10-21(25(34)9-22(26)30(40)41-3)20-6-4-5-17-13-38(16-43-28(17)20)29(39)27-23(32)7-18(8-24(27)33)19(11-35)12-36-2/h4-12,35-37H,13-16H2,1-3H3/b19-12+,35-11?. The molecular formula is C31H29Cl2FN4O5. The second-order valence-corrected chi connectivity index (χ2v) is 11.3. The number of methoxy groups -OCH3 is 1. The lowest BCUT2D eigenvalue weighted by Crippen LogP contribution is -2.53. The number of hydrogen-bond donors (Lipinski definition) is 3. The van der Waals surface area contributed by atoms with E-state index in [1.54, 1.807) is 49.6 Å². The van der Waals surface area contributed by atoms with Crippen molar-refractivity contribution in [2.24, 2.45) is 0 Å². The first-order valence-corrected chi connectivity index (χ1v) is 14.0. The van der Waals surface area contributed by atoms with Crippen LogP contribution in [-0.2, 0) is 16.0 Å². The molecule has 0 saturated carbocycles. The highest BCUT2D eigenvalue weighted by Crippen LogP contribution is 2.41. The van der Waals surface area contributed by atoms with E-state index in [-0.39, 0.29) is 40.0 Å². The van der Waals surface area contributed by atoms with E-state index in [2.05, 4.69) is 10.6 Å². The minimum absolute atomic E-state index is 0.0633. The van der Waals surface area contributed by atoms with Crippen molar-refractivity contribution >= 4 is 52.6 Å². The molecular weight excluding hydrogens is 598 g/mol. The largest absolute Gasteiger partial charge is 0.472 e. The monoisotopic (exact) mass is 626 g/mol. The van der Waals surface area contributed by atoms with E-state index in [0.29, 0.717) is 46.9 Å². The van der Waals surface area contributed by atoms with Crippen molar-refractivity contribution in [3.63, 3.8) is 0 Å². The first kappa shape index (κ1) is 30.3. The maximum atomic E-state index is 15.6. The van der Waals surface area contributed by atoms with Gasteiger partial charge in [-0.2, -0.15) is 0 Å². The zero-order chi connectivity index (χ0) is 30.9. The average molecular weight is 628 g/mol. The number of nitrogens with one attached hydrogen (secondary N) is 3. The number of esters is 1. The number of anilines is 1. The van der Waals surface area contributed by atoms with Crippen LogP contribution in [0.1, 0.15) is 38.8 Å². The summed E-state index contributed by atoms with van der Waals surface area (Å²) >= 11 is 13.0. The molecule has 0 unspecified atom stereocenters. The van der Waals surface area contributed by atoms with Crippen molar-refractivity contribution in [2.45, 2.75) is 19.0 Å². The van der Waals surface area contributed by atoms with Gasteiger partial charge in [-0.25, -0.2) is 9.18 Å². The summed E-state index contributed by atoms with van der Waals surface area (Å²) in [7, 11) is 2.94. The summed E-state index contributed by atoms with van der Waals surface area (Å²) in [6.45, 7) is 2.83. The van der Waals surface area contributed by atoms with Gasteiger partial charge in [-0.1, -0.05) is 41.4 Å². The zero-order valence-corrected chi connectivity index (χ0v) is 25.2. The Morgan fingerprint density at radius 3 is 2.47 bits per heavy atom. The molecule has 1 saturated heterocycles. The SMILES string of the molecule is CN/C=C(\C=N)c1cc(Cl)c(C(=O)N2COc3c(cccc3-c3cc(NC4(C)COC4)c(C(=O)OC)cc3F)C2)c(Cl)c1. The fourth-order valence-corrected chi connectivity index (χ4v) is 5.70. The lowest BCUT2D eigenvalue weighted by molar-refractivity contribution is -0.0318. The van der Waals surface area contributed by atoms with Crippen LogP contribution in [0, 0.1) is 11.2 Å². The maximum absolute atomic E-state index is 15.6. The average Bonchev–Trinajstić information content (AvgIpc) is 2.98. The number of rotatable bonds is 8. The number of amides is 1. The summed E-state index contributed by atoms with van der Waals surface area (Å²) in [5.41, 5.74) is 2.60. The van der Waals surface area contributed by atoms with E-state index in [1.807, 2.05) is 6.92 Å². The molecule has 12 heteroatoms. The Morgan fingerprint density at radius 1 is 1.14 bits per heavy atom. The summed E-state index contributed by atoms with van der Waals surface area (Å²) in [5, 5.41) is 14.1. The number of nitrogens with zero attached hydrogens (tertiary/aromatic N) is 1. The molecule has 3 aromatic rings. The second-order valence-electron chi connectivity index (χ2n) is 10.5. The van der Waals surface area contributed by atoms with Crippen molar-refractivity contribution in [1.82, 2.24) is 10.2 Å². The van der Waals surface area contributed by atoms with Crippen LogP contribution in [0.5, 0.6) is 5.75 Å². The fraction of sp³-hybridized carbons (Fsp3) is 0.258. The molecule has 0 radical (unpaired) electrons. The molecule has 224 valence electrons. The molecule has 0 atom stereocenters. The molecule has 9 nitrogen and oxygen atoms in total. The highest BCUT2D eigenvalue weighted by Gasteiger charge is 2.35. The predicted molar refractivity (Wildman–Crippen MR) is 164 cm³/mol. The minimum atomic E-state index is -0.672. The Balaban J connectivity index is 1.46. The van der Waals surface area contributed by atoms with Gasteiger partial charge in [0, 0.05) is 41.7 Å². The van der Waals surface area contributed by atoms with E-state index in [4.69, 9.17) is 42.8 Å². The van der Waals surface area contributed by atoms with Crippen LogP contribution < -0.4 is 15.4 Å². The van der Waals surface area contributed by atoms with Crippen LogP contribution in [0.15, 0.2) is 48.7 Å². The van der Waals surface area contributed by atoms with Gasteiger partial charge in [-0.15, -0.1) is 0 Å². The molecule has 1 fully saturated rings. The topological polar surface area (TPSA) is 113 Å². The fourth-order valence-electron chi connectivity index (χ4n) is 5.05. The van der Waals surface area contributed by atoms with Crippen molar-refractivity contribution in [3.8, 4) is 16.9 Å². The molecule has 3 N–H and O–H groups in total. The van der Waals surface area contributed by atoms with Crippen molar-refractivity contribution in [1.29, 1.82) is 5.41 Å². The van der Waals surface area contributed by atoms with E-state index < -0.39 is 23.2 Å². The van der Waals surface area contributed by atoms with Crippen molar-refractivity contribution in [3.05, 3.63) is 86.8 Å². The van der Waals surface area contributed by atoms with Gasteiger partial charge in [0.15, 0.2) is 6.73 Å². The minimum Gasteiger partial charge on any atom is -0.472 e. The highest BCUT2D eigenvalue weighted by molar-refractivity contribution is 6.40. The molecule has 0 spiro atoms. The Bertz CT molecular complexity index is 1630. The third kappa shape index (κ3) is 5.90. The number of ether oxygens (including phenoxy) is 3. The Labute approximate surface area is 258 Å². The number of fused-ring (bicyclic) bond motifs is 1. The molecule has 0 aliphatic carbocycles. The van der Waals surface area contributed by atoms with Gasteiger partial charge in [0.2, 0.25) is 0 Å². The first-order valence-electron chi connectivity index (χ1n) is 13.3. The number of carbonyl (C=O) groups excluding carboxylic acids is 2. The summed E-state index contributed by atoms with van der Waals surface area (Å²) in [6.07, 6.45) is 2.77. The Hall–Kier alpha value is -4.12. The first-order chi connectivity index (χ1) is 20.6. The van der Waals surface area contributed by atoms with Gasteiger partial charge in [0.25, 0.3) is 5.91 Å². The molecule has 0 aromatic heterocycles. The number of allylic oxidation sites excluding steroid dienone is 1. The van der Waals surface area contributed by atoms with Crippen LogP contribution in [0.25, 0.3) is 16.7 Å². The van der Waals surface area contributed by atoms with E-state index in [9.17, 15) is 9.59 Å². The summed E-state index contributed by atoms with van der Waals surface area (Å²) in [5.74, 6) is -1.33. The number of carbonyl (C=O) groups is 2. The third-order valence-corrected chi connectivity index (χ3v) is 7.83. The van der Waals surface area contributed by atoms with E-state index in [0.717, 1.165) is 12.3 Å². The number of para-hydroxylation sites is 1. The van der Waals surface area contributed by atoms with Crippen LogP contribution in [0.3, 0.4) is 0 Å². The molecule has 2 aliphatic rings. The highest BCUT2D eigenvalue weighted by atomic mass is 35.5. The van der Waals surface area contributed by atoms with Gasteiger partial charge in [0.05, 0.1) is 59.3 Å². The quantitative estimate of drug-likeness (QED) is 0.208. The number of halogens is 3. The van der Waals surface area contributed by atoms with Gasteiger partial charge in [-0.3, -0.25) is 4.79 Å². The smallest absolute Gasteiger partial charge is 0.340 e. The molecule has 3 aromatic carbocycles. The van der Waals surface area contributed by atoms with E-state index >= 15 is 4.39 Å². The van der Waals surface area contributed by atoms with Gasteiger partial charge in [-0.05, 0) is 36.8 Å². The predicted octanol–water partition coefficient (Wildman–Crippen LogP) is 5.99. The third-order valence-electron chi connectivity index (χ3n) is 7.23. The van der Waals surface area contributed by atoms with Crippen LogP contribution in [0.2, 0.25) is 10.0 Å². The summed E-state index contributed by atoms with van der Waals surface area (Å²) < 4.78 is 31.8. The molecule has 0 bridgehead atoms. The number of hydrogen-bond acceptors (Lipinski definition) is 8. The van der Waals surface area contributed by atoms with Crippen LogP contribution in [0.4, 0.5) is 10.1 Å². The maximum Gasteiger partial charge on any atom is 0.340 e.